The summed E-state index contributed by atoms with van der Waals surface area (Å²) in [4.78, 5) is 39.8. The summed E-state index contributed by atoms with van der Waals surface area (Å²) in [5.74, 6) is -2.95. The summed E-state index contributed by atoms with van der Waals surface area (Å²) in [5, 5.41) is 32.1. The van der Waals surface area contributed by atoms with Crippen molar-refractivity contribution in [3.63, 3.8) is 0 Å². The van der Waals surface area contributed by atoms with Crippen LogP contribution >= 0.6 is 0 Å². The van der Waals surface area contributed by atoms with Gasteiger partial charge in [-0.3, -0.25) is 14.4 Å². The van der Waals surface area contributed by atoms with Crippen molar-refractivity contribution in [1.29, 1.82) is 0 Å². The number of phenolic OH excluding ortho intramolecular Hbond substituents is 1. The first-order valence-corrected chi connectivity index (χ1v) is 11.4. The second-order valence-electron chi connectivity index (χ2n) is 10.0. The van der Waals surface area contributed by atoms with Crippen molar-refractivity contribution >= 4 is 17.5 Å². The summed E-state index contributed by atoms with van der Waals surface area (Å²) < 4.78 is 5.55. The number of esters is 1. The number of carbonyl (C=O) groups excluding carboxylic acids is 3. The number of phenols is 1. The van der Waals surface area contributed by atoms with Crippen molar-refractivity contribution < 1.29 is 34.4 Å². The monoisotopic (exact) mass is 446 g/mol. The predicted octanol–water partition coefficient (Wildman–Crippen LogP) is 3.15. The van der Waals surface area contributed by atoms with Gasteiger partial charge in [0.15, 0.2) is 5.60 Å². The van der Waals surface area contributed by atoms with Gasteiger partial charge in [0.2, 0.25) is 17.2 Å². The van der Waals surface area contributed by atoms with Crippen LogP contribution in [0, 0.1) is 11.8 Å². The molecule has 3 N–H and O–H groups in total. The summed E-state index contributed by atoms with van der Waals surface area (Å²) in [7, 11) is 0. The maximum atomic E-state index is 13.7. The highest BCUT2D eigenvalue weighted by atomic mass is 16.6. The van der Waals surface area contributed by atoms with Gasteiger partial charge in [0.05, 0.1) is 12.0 Å². The maximum absolute atomic E-state index is 13.7. The van der Waals surface area contributed by atoms with E-state index < -0.39 is 40.8 Å². The molecule has 7 heteroatoms. The predicted molar refractivity (Wildman–Crippen MR) is 117 cm³/mol. The molecule has 2 aliphatic rings. The van der Waals surface area contributed by atoms with Crippen molar-refractivity contribution in [3.8, 4) is 5.75 Å². The molecule has 4 unspecified atom stereocenters. The fraction of sp³-hybridized carbons (Fsp3) is 0.640. The molecule has 0 aromatic heterocycles. The highest BCUT2D eigenvalue weighted by Crippen LogP contribution is 2.48. The summed E-state index contributed by atoms with van der Waals surface area (Å²) in [6, 6.07) is 1.26. The Morgan fingerprint density at radius 2 is 1.91 bits per heavy atom. The lowest BCUT2D eigenvalue weighted by Crippen LogP contribution is -2.60. The first-order chi connectivity index (χ1) is 14.7. The van der Waals surface area contributed by atoms with Crippen LogP contribution in [0.3, 0.4) is 0 Å². The number of ether oxygens (including phenoxy) is 1. The molecular formula is C25H34O7. The molecule has 176 valence electrons. The second-order valence-corrected chi connectivity index (χ2v) is 10.0. The lowest BCUT2D eigenvalue weighted by Gasteiger charge is -2.42. The molecule has 0 saturated heterocycles. The minimum Gasteiger partial charge on any atom is -0.508 e. The Morgan fingerprint density at radius 1 is 1.28 bits per heavy atom. The number of rotatable bonds is 5. The standard InChI is InChI=1S/C25H34O7/c1-7-12(2)8-14(4)22(29)32-25(6)21(28)20-16-10-15(26)9-13(3)19(16)18(27)11-17(20)24(5,31)23(25)30/h11-15,26-27,31H,7-10H2,1-6H3/t12?,13-,14?,15+,24?,25?/m1/s1. The quantitative estimate of drug-likeness (QED) is 0.469. The Morgan fingerprint density at radius 3 is 2.50 bits per heavy atom. The van der Waals surface area contributed by atoms with E-state index in [0.717, 1.165) is 6.42 Å². The van der Waals surface area contributed by atoms with E-state index >= 15 is 0 Å². The van der Waals surface area contributed by atoms with Gasteiger partial charge in [0, 0.05) is 16.7 Å². The molecule has 0 amide bonds. The summed E-state index contributed by atoms with van der Waals surface area (Å²) >= 11 is 0. The number of benzene rings is 1. The molecule has 0 heterocycles. The molecule has 32 heavy (non-hydrogen) atoms. The van der Waals surface area contributed by atoms with E-state index in [0.29, 0.717) is 24.0 Å². The van der Waals surface area contributed by atoms with Crippen LogP contribution in [-0.4, -0.2) is 44.6 Å². The van der Waals surface area contributed by atoms with E-state index in [9.17, 15) is 29.7 Å². The van der Waals surface area contributed by atoms with Crippen LogP contribution in [0.1, 0.15) is 93.8 Å². The van der Waals surface area contributed by atoms with Gasteiger partial charge in [-0.1, -0.05) is 34.1 Å². The number of Topliss-reactive ketones (excluding diaryl/α,β-unsaturated/α-hetero) is 2. The van der Waals surface area contributed by atoms with Crippen molar-refractivity contribution in [2.45, 2.75) is 90.4 Å². The van der Waals surface area contributed by atoms with Gasteiger partial charge in [-0.15, -0.1) is 0 Å². The minimum atomic E-state index is -2.20. The molecule has 6 atom stereocenters. The Balaban J connectivity index is 2.12. The fourth-order valence-electron chi connectivity index (χ4n) is 5.18. The summed E-state index contributed by atoms with van der Waals surface area (Å²) in [6.07, 6.45) is 1.21. The van der Waals surface area contributed by atoms with Crippen LogP contribution in [0.4, 0.5) is 0 Å². The number of hydrogen-bond donors (Lipinski definition) is 3. The van der Waals surface area contributed by atoms with Gasteiger partial charge in [-0.2, -0.15) is 0 Å². The third-order valence-corrected chi connectivity index (χ3v) is 7.23. The normalized spacial score (nSPS) is 31.5. The van der Waals surface area contributed by atoms with E-state index in [4.69, 9.17) is 4.74 Å². The lowest BCUT2D eigenvalue weighted by atomic mass is 9.66. The zero-order valence-corrected chi connectivity index (χ0v) is 19.7. The van der Waals surface area contributed by atoms with Gasteiger partial charge in [-0.25, -0.2) is 0 Å². The SMILES string of the molecule is CCC(C)CC(C)C(=O)OC1(C)C(=O)c2c(cc(O)c3c2C[C@@H](O)C[C@H]3C)C(C)(O)C1=O. The molecule has 2 aliphatic carbocycles. The summed E-state index contributed by atoms with van der Waals surface area (Å²) in [5.41, 5.74) is -3.40. The number of aliphatic hydroxyl groups excluding tert-OH is 1. The molecule has 0 spiro atoms. The van der Waals surface area contributed by atoms with Crippen LogP contribution in [-0.2, 0) is 26.3 Å². The summed E-state index contributed by atoms with van der Waals surface area (Å²) in [6.45, 7) is 10.0. The van der Waals surface area contributed by atoms with E-state index in [-0.39, 0.29) is 35.1 Å². The van der Waals surface area contributed by atoms with Gasteiger partial charge in [0.1, 0.15) is 5.75 Å². The van der Waals surface area contributed by atoms with E-state index in [1.165, 1.54) is 19.9 Å². The Hall–Kier alpha value is -2.25. The number of hydrogen-bond acceptors (Lipinski definition) is 7. The molecule has 0 radical (unpaired) electrons. The molecule has 0 saturated carbocycles. The van der Waals surface area contributed by atoms with Gasteiger partial charge >= 0.3 is 5.97 Å². The van der Waals surface area contributed by atoms with Crippen LogP contribution in [0.15, 0.2) is 6.07 Å². The lowest BCUT2D eigenvalue weighted by molar-refractivity contribution is -0.173. The zero-order valence-electron chi connectivity index (χ0n) is 19.7. The average molecular weight is 447 g/mol. The molecule has 0 bridgehead atoms. The van der Waals surface area contributed by atoms with Crippen LogP contribution in [0.2, 0.25) is 0 Å². The Labute approximate surface area is 188 Å². The highest BCUT2D eigenvalue weighted by Gasteiger charge is 2.59. The topological polar surface area (TPSA) is 121 Å². The number of aromatic hydroxyl groups is 1. The van der Waals surface area contributed by atoms with Crippen molar-refractivity contribution in [1.82, 2.24) is 0 Å². The molecule has 1 aromatic rings. The van der Waals surface area contributed by atoms with Gasteiger partial charge in [0.25, 0.3) is 0 Å². The van der Waals surface area contributed by atoms with Crippen molar-refractivity contribution in [3.05, 3.63) is 28.3 Å². The Kier molecular flexibility index (Phi) is 6.30. The smallest absolute Gasteiger partial charge is 0.310 e. The van der Waals surface area contributed by atoms with Crippen LogP contribution in [0.5, 0.6) is 5.75 Å². The maximum Gasteiger partial charge on any atom is 0.310 e. The van der Waals surface area contributed by atoms with Gasteiger partial charge in [-0.05, 0) is 56.6 Å². The first kappa shape index (κ1) is 24.4. The average Bonchev–Trinajstić information content (AvgIpc) is 2.70. The van der Waals surface area contributed by atoms with Crippen molar-refractivity contribution in [2.75, 3.05) is 0 Å². The second kappa shape index (κ2) is 8.27. The minimum absolute atomic E-state index is 0.0220. The number of carbonyl (C=O) groups is 3. The van der Waals surface area contributed by atoms with E-state index in [1.54, 1.807) is 6.92 Å². The zero-order chi connectivity index (χ0) is 24.2. The molecule has 1 aromatic carbocycles. The number of fused-ring (bicyclic) bond motifs is 3. The van der Waals surface area contributed by atoms with Gasteiger partial charge < -0.3 is 20.1 Å². The number of ketones is 2. The highest BCUT2D eigenvalue weighted by molar-refractivity contribution is 6.25. The molecule has 7 nitrogen and oxygen atoms in total. The molecule has 3 rings (SSSR count). The molecule has 0 fully saturated rings. The first-order valence-electron chi connectivity index (χ1n) is 11.4. The van der Waals surface area contributed by atoms with E-state index in [1.807, 2.05) is 20.8 Å². The van der Waals surface area contributed by atoms with Crippen LogP contribution in [0.25, 0.3) is 0 Å². The van der Waals surface area contributed by atoms with Crippen LogP contribution < -0.4 is 0 Å². The third kappa shape index (κ3) is 3.75. The molecular weight excluding hydrogens is 412 g/mol. The number of aliphatic hydroxyl groups is 2. The van der Waals surface area contributed by atoms with E-state index in [2.05, 4.69) is 0 Å². The Bertz CT molecular complexity index is 964. The molecule has 0 aliphatic heterocycles. The largest absolute Gasteiger partial charge is 0.508 e. The third-order valence-electron chi connectivity index (χ3n) is 7.23. The van der Waals surface area contributed by atoms with Crippen molar-refractivity contribution in [2.24, 2.45) is 11.8 Å². The fourth-order valence-corrected chi connectivity index (χ4v) is 5.18.